The summed E-state index contributed by atoms with van der Waals surface area (Å²) in [5, 5.41) is 14.9. The molecule has 1 aromatic rings. The van der Waals surface area contributed by atoms with Crippen molar-refractivity contribution in [1.82, 2.24) is 5.32 Å². The van der Waals surface area contributed by atoms with Gasteiger partial charge in [0.25, 0.3) is 7.34 Å². The number of aliphatic carboxylic acids is 1. The normalized spacial score (nSPS) is 10.3. The summed E-state index contributed by atoms with van der Waals surface area (Å²) in [6.07, 6.45) is -1.02. The van der Waals surface area contributed by atoms with Gasteiger partial charge in [0.05, 0.1) is 6.42 Å². The van der Waals surface area contributed by atoms with Crippen LogP contribution in [-0.4, -0.2) is 41.3 Å². The summed E-state index contributed by atoms with van der Waals surface area (Å²) in [7, 11) is 0. The molecule has 20 heavy (non-hydrogen) atoms. The zero-order chi connectivity index (χ0) is 15.8. The third-order valence-corrected chi connectivity index (χ3v) is 2.58. The van der Waals surface area contributed by atoms with E-state index in [1.165, 1.54) is 11.0 Å². The van der Waals surface area contributed by atoms with Gasteiger partial charge in [-0.25, -0.2) is 4.79 Å². The second kappa shape index (κ2) is 7.13. The molecule has 0 saturated heterocycles. The summed E-state index contributed by atoms with van der Waals surface area (Å²) in [6.45, 7) is 2.00. The smallest absolute Gasteiger partial charge is 0.411 e. The van der Waals surface area contributed by atoms with Gasteiger partial charge in [0, 0.05) is 24.3 Å². The van der Waals surface area contributed by atoms with Crippen LogP contribution in [0.1, 0.15) is 23.7 Å². The Bertz CT molecular complexity index is 535. The Balaban J connectivity index is 2.81. The molecule has 7 heteroatoms. The molecule has 0 atom stereocenters. The van der Waals surface area contributed by atoms with E-state index in [1.807, 2.05) is 0 Å². The minimum atomic E-state index is -1.00. The maximum Gasteiger partial charge on any atom is 0.411 e. The van der Waals surface area contributed by atoms with Gasteiger partial charge in [-0.05, 0) is 25.1 Å². The van der Waals surface area contributed by atoms with E-state index >= 15 is 0 Å². The number of rotatable bonds is 6. The van der Waals surface area contributed by atoms with Crippen molar-refractivity contribution in [2.24, 2.45) is 0 Å². The summed E-state index contributed by atoms with van der Waals surface area (Å²) in [5.74, 6) is -1.44. The summed E-state index contributed by atoms with van der Waals surface area (Å²) in [5.41, 5.74) is 0.703. The van der Waals surface area contributed by atoms with Gasteiger partial charge in [0.1, 0.15) is 0 Å². The lowest BCUT2D eigenvalue weighted by Crippen LogP contribution is -2.29. The minimum absolute atomic E-state index is 0.0185. The maximum atomic E-state index is 11.9. The van der Waals surface area contributed by atoms with E-state index in [0.29, 0.717) is 5.69 Å². The Labute approximate surface area is 117 Å². The Morgan fingerprint density at radius 2 is 2.15 bits per heavy atom. The van der Waals surface area contributed by atoms with E-state index < -0.39 is 18.0 Å². The molecule has 3 N–H and O–H groups in total. The van der Waals surface area contributed by atoms with Crippen LogP contribution in [0.3, 0.4) is 0 Å². The van der Waals surface area contributed by atoms with E-state index in [9.17, 15) is 14.4 Å². The van der Waals surface area contributed by atoms with E-state index in [0.717, 1.165) is 0 Å². The molecule has 0 radical (unpaired) electrons. The van der Waals surface area contributed by atoms with Crippen LogP contribution in [0.2, 0.25) is 0 Å². The highest BCUT2D eigenvalue weighted by atomic mass is 16.4. The fraction of sp³-hybridized carbons (Fsp3) is 0.308. The number of hydrogen-bond donors (Lipinski definition) is 3. The number of benzene rings is 1. The van der Waals surface area contributed by atoms with Crippen LogP contribution in [0.15, 0.2) is 24.3 Å². The fourth-order valence-corrected chi connectivity index (χ4v) is 1.62. The van der Waals surface area contributed by atoms with Gasteiger partial charge in [-0.1, -0.05) is 6.07 Å². The van der Waals surface area contributed by atoms with Crippen LogP contribution in [0.5, 0.6) is 0 Å². The number of hydrogen-bond acceptors (Lipinski definition) is 4. The fourth-order valence-electron chi connectivity index (χ4n) is 1.62. The van der Waals surface area contributed by atoms with Gasteiger partial charge < -0.3 is 15.5 Å². The molecule has 0 heterocycles. The molecule has 0 aliphatic carbocycles. The summed E-state index contributed by atoms with van der Waals surface area (Å²) in [6, 6.07) is 6.20. The Morgan fingerprint density at radius 3 is 2.75 bits per heavy atom. The van der Waals surface area contributed by atoms with Gasteiger partial charge in [-0.3, -0.25) is 14.5 Å². The highest BCUT2D eigenvalue weighted by Crippen LogP contribution is 2.16. The van der Waals surface area contributed by atoms with E-state index in [-0.39, 0.29) is 25.1 Å². The third kappa shape index (κ3) is 4.27. The average molecular weight is 281 g/mol. The predicted molar refractivity (Wildman–Crippen MR) is 72.1 cm³/mol. The Kier molecular flexibility index (Phi) is 4.94. The van der Waals surface area contributed by atoms with E-state index in [1.54, 1.807) is 25.1 Å². The number of amides is 2. The summed E-state index contributed by atoms with van der Waals surface area (Å²) >= 11 is 0. The zero-order valence-electron chi connectivity index (χ0n) is 12.0. The number of carbonyl (C=O) groups is 3. The number of carboxylic acids is 1. The first kappa shape index (κ1) is 13.9. The van der Waals surface area contributed by atoms with Crippen molar-refractivity contribution < 1.29 is 24.6 Å². The van der Waals surface area contributed by atoms with Crippen molar-refractivity contribution in [3.05, 3.63) is 29.8 Å². The molecule has 0 unspecified atom stereocenters. The molecule has 0 aliphatic rings. The van der Waals surface area contributed by atoms with Gasteiger partial charge in [0.2, 0.25) is 0 Å². The Hall–Kier alpha value is -2.57. The number of anilines is 1. The monoisotopic (exact) mass is 281 g/mol. The first-order valence-corrected chi connectivity index (χ1v) is 6.04. The molecule has 2 amide bonds. The molecule has 108 valence electrons. The van der Waals surface area contributed by atoms with Crippen molar-refractivity contribution in [3.8, 4) is 0 Å². The zero-order valence-corrected chi connectivity index (χ0v) is 11.0. The number of carbonyl (C=O) groups excluding carboxylic acids is 1. The highest BCUT2D eigenvalue weighted by Gasteiger charge is 2.14. The first-order chi connectivity index (χ1) is 9.99. The molecule has 0 aromatic heterocycles. The quantitative estimate of drug-likeness (QED) is 0.730. The lowest BCUT2D eigenvalue weighted by molar-refractivity contribution is -0.136. The van der Waals surface area contributed by atoms with Crippen LogP contribution in [0.4, 0.5) is 10.5 Å². The van der Waals surface area contributed by atoms with E-state index in [4.69, 9.17) is 6.54 Å². The van der Waals surface area contributed by atoms with Crippen molar-refractivity contribution >= 4 is 23.7 Å². The average Bonchev–Trinajstić information content (AvgIpc) is 2.47. The van der Waals surface area contributed by atoms with Crippen molar-refractivity contribution in [2.75, 3.05) is 18.0 Å². The number of carboxylic acid groups (broad SMARTS) is 2. The van der Waals surface area contributed by atoms with Gasteiger partial charge in [-0.15, -0.1) is 0 Å². The Morgan fingerprint density at radius 1 is 1.40 bits per heavy atom. The second-order valence-electron chi connectivity index (χ2n) is 3.96. The molecule has 1 rings (SSSR count). The van der Waals surface area contributed by atoms with E-state index in [2.05, 4.69) is 10.4 Å². The number of nitrogens with one attached hydrogen (secondary N) is 1. The highest BCUT2D eigenvalue weighted by molar-refractivity contribution is 5.96. The number of nitrogens with zero attached hydrogens (tertiary/aromatic N) is 1. The molecule has 0 aliphatic heterocycles. The van der Waals surface area contributed by atoms with Gasteiger partial charge in [0.15, 0.2) is 0 Å². The van der Waals surface area contributed by atoms with Crippen LogP contribution in [0, 0.1) is 0 Å². The standard InChI is InChI=1S/C13H16N2O5/c1-2-15(13(19)20)10-5-3-4-9(8-10)12(18)14-7-6-11(16)17/h3-5,8H,2,6-7H2,1H3,(H,14,18)(H,16,17)(H,19,20)/i/hD. The summed E-state index contributed by atoms with van der Waals surface area (Å²) < 4.78 is 6.63. The molecule has 1 aromatic carbocycles. The first-order valence-electron chi connectivity index (χ1n) is 6.45. The summed E-state index contributed by atoms with van der Waals surface area (Å²) in [4.78, 5) is 34.9. The predicted octanol–water partition coefficient (Wildman–Crippen LogP) is 1.40. The molecular weight excluding hydrogens is 264 g/mol. The maximum absolute atomic E-state index is 11.9. The van der Waals surface area contributed by atoms with Crippen molar-refractivity contribution in [2.45, 2.75) is 13.3 Å². The van der Waals surface area contributed by atoms with Crippen LogP contribution >= 0.6 is 0 Å². The minimum Gasteiger partial charge on any atom is -0.481 e. The SMILES string of the molecule is [2H]OC(=O)N(CC)c1cccc(C(=O)NCCC(=O)O)c1. The van der Waals surface area contributed by atoms with Gasteiger partial charge in [-0.2, -0.15) is 0 Å². The topological polar surface area (TPSA) is 107 Å². The molecule has 0 bridgehead atoms. The lowest BCUT2D eigenvalue weighted by Gasteiger charge is -2.17. The lowest BCUT2D eigenvalue weighted by atomic mass is 10.1. The van der Waals surface area contributed by atoms with Crippen molar-refractivity contribution in [1.29, 1.82) is 1.43 Å². The molecule has 0 saturated carbocycles. The largest absolute Gasteiger partial charge is 0.481 e. The molecule has 0 fully saturated rings. The molecular formula is C13H16N2O5. The third-order valence-electron chi connectivity index (χ3n) is 2.58. The molecule has 0 spiro atoms. The van der Waals surface area contributed by atoms with Crippen LogP contribution < -0.4 is 10.2 Å². The van der Waals surface area contributed by atoms with Crippen LogP contribution in [-0.2, 0) is 4.79 Å². The van der Waals surface area contributed by atoms with Crippen molar-refractivity contribution in [3.63, 3.8) is 0 Å². The second-order valence-corrected chi connectivity index (χ2v) is 3.96. The van der Waals surface area contributed by atoms with Gasteiger partial charge >= 0.3 is 12.1 Å². The van der Waals surface area contributed by atoms with Crippen LogP contribution in [0.25, 0.3) is 1.43 Å². The molecule has 7 nitrogen and oxygen atoms in total.